The van der Waals surface area contributed by atoms with Gasteiger partial charge >= 0.3 is 0 Å². The van der Waals surface area contributed by atoms with Gasteiger partial charge in [-0.05, 0) is 25.7 Å². The number of rotatable bonds is 6. The van der Waals surface area contributed by atoms with Gasteiger partial charge in [0.15, 0.2) is 0 Å². The van der Waals surface area contributed by atoms with Crippen LogP contribution in [0.15, 0.2) is 0 Å². The number of hydrogen-bond acceptors (Lipinski definition) is 4. The van der Waals surface area contributed by atoms with E-state index in [2.05, 4.69) is 5.32 Å². The Kier molecular flexibility index (Phi) is 6.17. The molecule has 0 saturated heterocycles. The molecule has 0 bridgehead atoms. The molecule has 1 rings (SSSR count). The predicted octanol–water partition coefficient (Wildman–Crippen LogP) is 0.541. The molecule has 90 valence electrons. The summed E-state index contributed by atoms with van der Waals surface area (Å²) in [7, 11) is 3.43. The van der Waals surface area contributed by atoms with Crippen molar-refractivity contribution in [2.45, 2.75) is 43.9 Å². The predicted molar refractivity (Wildman–Crippen MR) is 58.9 cm³/mol. The Morgan fingerprint density at radius 1 is 1.40 bits per heavy atom. The van der Waals surface area contributed by atoms with Gasteiger partial charge in [0.25, 0.3) is 0 Å². The van der Waals surface area contributed by atoms with Crippen molar-refractivity contribution in [2.24, 2.45) is 0 Å². The SMILES string of the molecule is COCC(CO)NC1CCCC(OC)C1. The summed E-state index contributed by atoms with van der Waals surface area (Å²) in [4.78, 5) is 0. The van der Waals surface area contributed by atoms with E-state index >= 15 is 0 Å². The summed E-state index contributed by atoms with van der Waals surface area (Å²) in [6.07, 6.45) is 4.93. The molecule has 1 aliphatic rings. The molecule has 0 aromatic rings. The van der Waals surface area contributed by atoms with Gasteiger partial charge in [0.05, 0.1) is 25.4 Å². The molecule has 0 aromatic heterocycles. The van der Waals surface area contributed by atoms with E-state index in [0.717, 1.165) is 12.8 Å². The van der Waals surface area contributed by atoms with Crippen LogP contribution in [0.3, 0.4) is 0 Å². The molecule has 0 amide bonds. The number of ether oxygens (including phenoxy) is 2. The first-order chi connectivity index (χ1) is 7.30. The molecule has 0 radical (unpaired) electrons. The molecule has 0 aromatic carbocycles. The van der Waals surface area contributed by atoms with E-state index in [1.807, 2.05) is 0 Å². The quantitative estimate of drug-likeness (QED) is 0.682. The van der Waals surface area contributed by atoms with E-state index in [0.29, 0.717) is 18.8 Å². The minimum absolute atomic E-state index is 0.0515. The number of aliphatic hydroxyl groups excluding tert-OH is 1. The summed E-state index contributed by atoms with van der Waals surface area (Å²) in [6, 6.07) is 0.506. The summed E-state index contributed by atoms with van der Waals surface area (Å²) < 4.78 is 10.4. The molecule has 2 N–H and O–H groups in total. The van der Waals surface area contributed by atoms with Gasteiger partial charge < -0.3 is 19.9 Å². The molecule has 4 heteroatoms. The summed E-state index contributed by atoms with van der Waals surface area (Å²) in [5, 5.41) is 12.6. The minimum Gasteiger partial charge on any atom is -0.395 e. The fourth-order valence-electron chi connectivity index (χ4n) is 2.20. The third-order valence-corrected chi connectivity index (χ3v) is 3.02. The molecular weight excluding hydrogens is 194 g/mol. The van der Waals surface area contributed by atoms with E-state index in [4.69, 9.17) is 14.6 Å². The first-order valence-electron chi connectivity index (χ1n) is 5.68. The summed E-state index contributed by atoms with van der Waals surface area (Å²) in [5.74, 6) is 0. The molecule has 3 atom stereocenters. The maximum absolute atomic E-state index is 9.14. The fraction of sp³-hybridized carbons (Fsp3) is 1.00. The van der Waals surface area contributed by atoms with Crippen molar-refractivity contribution < 1.29 is 14.6 Å². The van der Waals surface area contributed by atoms with Crippen molar-refractivity contribution in [3.05, 3.63) is 0 Å². The van der Waals surface area contributed by atoms with Gasteiger partial charge in [0.1, 0.15) is 0 Å². The second-order valence-corrected chi connectivity index (χ2v) is 4.22. The Morgan fingerprint density at radius 2 is 2.20 bits per heavy atom. The maximum atomic E-state index is 9.14. The van der Waals surface area contributed by atoms with Crippen LogP contribution in [-0.4, -0.2) is 50.7 Å². The van der Waals surface area contributed by atoms with Gasteiger partial charge in [-0.1, -0.05) is 0 Å². The zero-order chi connectivity index (χ0) is 11.1. The van der Waals surface area contributed by atoms with E-state index < -0.39 is 0 Å². The molecule has 0 spiro atoms. The van der Waals surface area contributed by atoms with Crippen molar-refractivity contribution in [1.82, 2.24) is 5.32 Å². The number of methoxy groups -OCH3 is 2. The maximum Gasteiger partial charge on any atom is 0.0638 e. The van der Waals surface area contributed by atoms with Gasteiger partial charge in [-0.3, -0.25) is 0 Å². The highest BCUT2D eigenvalue weighted by atomic mass is 16.5. The van der Waals surface area contributed by atoms with Crippen LogP contribution in [0.4, 0.5) is 0 Å². The third-order valence-electron chi connectivity index (χ3n) is 3.02. The summed E-state index contributed by atoms with van der Waals surface area (Å²) in [5.41, 5.74) is 0. The standard InChI is InChI=1S/C11H23NO3/c1-14-8-10(7-13)12-9-4-3-5-11(6-9)15-2/h9-13H,3-8H2,1-2H3. The zero-order valence-corrected chi connectivity index (χ0v) is 9.74. The van der Waals surface area contributed by atoms with Crippen LogP contribution >= 0.6 is 0 Å². The van der Waals surface area contributed by atoms with Crippen LogP contribution < -0.4 is 5.32 Å². The van der Waals surface area contributed by atoms with Crippen LogP contribution in [-0.2, 0) is 9.47 Å². The van der Waals surface area contributed by atoms with Crippen molar-refractivity contribution in [3.8, 4) is 0 Å². The number of aliphatic hydroxyl groups is 1. The molecule has 4 nitrogen and oxygen atoms in total. The van der Waals surface area contributed by atoms with Crippen molar-refractivity contribution >= 4 is 0 Å². The lowest BCUT2D eigenvalue weighted by Crippen LogP contribution is -2.46. The van der Waals surface area contributed by atoms with Crippen LogP contribution in [0.5, 0.6) is 0 Å². The number of hydrogen-bond donors (Lipinski definition) is 2. The Balaban J connectivity index is 2.29. The Morgan fingerprint density at radius 3 is 2.80 bits per heavy atom. The van der Waals surface area contributed by atoms with Gasteiger partial charge in [-0.15, -0.1) is 0 Å². The Labute approximate surface area is 92.0 Å². The Hall–Kier alpha value is -0.160. The molecule has 1 aliphatic carbocycles. The molecular formula is C11H23NO3. The van der Waals surface area contributed by atoms with Crippen LogP contribution in [0, 0.1) is 0 Å². The van der Waals surface area contributed by atoms with E-state index in [9.17, 15) is 0 Å². The monoisotopic (exact) mass is 217 g/mol. The largest absolute Gasteiger partial charge is 0.395 e. The van der Waals surface area contributed by atoms with Crippen LogP contribution in [0.2, 0.25) is 0 Å². The zero-order valence-electron chi connectivity index (χ0n) is 9.74. The topological polar surface area (TPSA) is 50.7 Å². The van der Waals surface area contributed by atoms with Gasteiger partial charge in [0, 0.05) is 20.3 Å². The summed E-state index contributed by atoms with van der Waals surface area (Å²) >= 11 is 0. The minimum atomic E-state index is 0.0515. The average Bonchev–Trinajstić information content (AvgIpc) is 2.29. The highest BCUT2D eigenvalue weighted by molar-refractivity contribution is 4.81. The molecule has 3 unspecified atom stereocenters. The highest BCUT2D eigenvalue weighted by Crippen LogP contribution is 2.20. The fourth-order valence-corrected chi connectivity index (χ4v) is 2.20. The van der Waals surface area contributed by atoms with Crippen LogP contribution in [0.1, 0.15) is 25.7 Å². The smallest absolute Gasteiger partial charge is 0.0638 e. The number of nitrogens with one attached hydrogen (secondary N) is 1. The molecule has 1 fully saturated rings. The van der Waals surface area contributed by atoms with E-state index in [1.54, 1.807) is 14.2 Å². The Bertz CT molecular complexity index is 166. The molecule has 1 saturated carbocycles. The van der Waals surface area contributed by atoms with Gasteiger partial charge in [-0.2, -0.15) is 0 Å². The summed E-state index contributed by atoms with van der Waals surface area (Å²) in [6.45, 7) is 0.687. The van der Waals surface area contributed by atoms with Gasteiger partial charge in [0.2, 0.25) is 0 Å². The van der Waals surface area contributed by atoms with Gasteiger partial charge in [-0.25, -0.2) is 0 Å². The van der Waals surface area contributed by atoms with Crippen molar-refractivity contribution in [2.75, 3.05) is 27.4 Å². The van der Waals surface area contributed by atoms with E-state index in [1.165, 1.54) is 12.8 Å². The lowest BCUT2D eigenvalue weighted by Gasteiger charge is -2.31. The van der Waals surface area contributed by atoms with E-state index in [-0.39, 0.29) is 12.6 Å². The second-order valence-electron chi connectivity index (χ2n) is 4.22. The van der Waals surface area contributed by atoms with Crippen molar-refractivity contribution in [3.63, 3.8) is 0 Å². The van der Waals surface area contributed by atoms with Crippen LogP contribution in [0.25, 0.3) is 0 Å². The molecule has 15 heavy (non-hydrogen) atoms. The van der Waals surface area contributed by atoms with Crippen molar-refractivity contribution in [1.29, 1.82) is 0 Å². The normalized spacial score (nSPS) is 29.0. The lowest BCUT2D eigenvalue weighted by atomic mass is 9.92. The highest BCUT2D eigenvalue weighted by Gasteiger charge is 2.23. The lowest BCUT2D eigenvalue weighted by molar-refractivity contribution is 0.0493. The average molecular weight is 217 g/mol. The molecule has 0 aliphatic heterocycles. The first kappa shape index (κ1) is 12.9. The third kappa shape index (κ3) is 4.47. The molecule has 0 heterocycles. The first-order valence-corrected chi connectivity index (χ1v) is 5.68. The second kappa shape index (κ2) is 7.17.